The number of benzene rings is 2. The zero-order chi connectivity index (χ0) is 25.7. The summed E-state index contributed by atoms with van der Waals surface area (Å²) in [5.74, 6) is 0.121. The third-order valence-electron chi connectivity index (χ3n) is 5.90. The van der Waals surface area contributed by atoms with Crippen molar-refractivity contribution in [3.8, 4) is 11.3 Å². The summed E-state index contributed by atoms with van der Waals surface area (Å²) in [7, 11) is 0. The summed E-state index contributed by atoms with van der Waals surface area (Å²) in [5, 5.41) is 0.518. The highest BCUT2D eigenvalue weighted by Gasteiger charge is 2.26. The van der Waals surface area contributed by atoms with Gasteiger partial charge in [-0.1, -0.05) is 35.9 Å². The number of alkyl halides is 3. The van der Waals surface area contributed by atoms with Crippen LogP contribution in [0.25, 0.3) is 11.3 Å². The number of rotatable bonds is 7. The Morgan fingerprint density at radius 1 is 1.06 bits per heavy atom. The van der Waals surface area contributed by atoms with E-state index >= 15 is 0 Å². The van der Waals surface area contributed by atoms with E-state index in [1.807, 2.05) is 0 Å². The van der Waals surface area contributed by atoms with E-state index in [9.17, 15) is 22.8 Å². The second-order valence-electron chi connectivity index (χ2n) is 8.56. The molecule has 1 saturated heterocycles. The highest BCUT2D eigenvalue weighted by atomic mass is 35.5. The molecule has 1 aliphatic rings. The average molecular weight is 520 g/mol. The monoisotopic (exact) mass is 519 g/mol. The lowest BCUT2D eigenvalue weighted by Gasteiger charge is -2.27. The molecule has 2 aromatic carbocycles. The van der Waals surface area contributed by atoms with Gasteiger partial charge in [0.05, 0.1) is 25.5 Å². The van der Waals surface area contributed by atoms with Gasteiger partial charge in [-0.05, 0) is 36.2 Å². The van der Waals surface area contributed by atoms with E-state index in [0.29, 0.717) is 53.7 Å². The van der Waals surface area contributed by atoms with Gasteiger partial charge in [-0.15, -0.1) is 0 Å². The Hall–Kier alpha value is -3.17. The molecule has 6 nitrogen and oxygen atoms in total. The SMILES string of the molecule is O=C(c1cccc(Cn2c(CCCC(F)(F)F)nc(-c3ccc(Cl)cc3)cc2=O)c1)N1CCOCC1. The minimum atomic E-state index is -4.30. The van der Waals surface area contributed by atoms with Crippen LogP contribution >= 0.6 is 11.6 Å². The first-order valence-corrected chi connectivity index (χ1v) is 12.0. The first-order chi connectivity index (χ1) is 17.2. The molecule has 0 N–H and O–H groups in total. The predicted molar refractivity (Wildman–Crippen MR) is 130 cm³/mol. The Labute approximate surface area is 211 Å². The number of nitrogens with zero attached hydrogens (tertiary/aromatic N) is 3. The summed E-state index contributed by atoms with van der Waals surface area (Å²) in [4.78, 5) is 32.2. The summed E-state index contributed by atoms with van der Waals surface area (Å²) < 4.78 is 45.1. The number of morpholine rings is 1. The Morgan fingerprint density at radius 3 is 2.47 bits per heavy atom. The third kappa shape index (κ3) is 6.73. The average Bonchev–Trinajstić information content (AvgIpc) is 2.86. The van der Waals surface area contributed by atoms with Crippen LogP contribution < -0.4 is 5.56 Å². The van der Waals surface area contributed by atoms with Crippen LogP contribution in [0, 0.1) is 0 Å². The van der Waals surface area contributed by atoms with Gasteiger partial charge in [-0.2, -0.15) is 13.2 Å². The van der Waals surface area contributed by atoms with E-state index in [-0.39, 0.29) is 36.7 Å². The quantitative estimate of drug-likeness (QED) is 0.442. The summed E-state index contributed by atoms with van der Waals surface area (Å²) in [6, 6.07) is 15.0. The van der Waals surface area contributed by atoms with E-state index in [2.05, 4.69) is 4.98 Å². The lowest BCUT2D eigenvalue weighted by Crippen LogP contribution is -2.40. The van der Waals surface area contributed by atoms with Crippen LogP contribution in [-0.2, 0) is 17.7 Å². The number of aryl methyl sites for hydroxylation is 1. The largest absolute Gasteiger partial charge is 0.389 e. The first kappa shape index (κ1) is 25.9. The number of ether oxygens (including phenoxy) is 1. The van der Waals surface area contributed by atoms with Crippen LogP contribution in [0.4, 0.5) is 13.2 Å². The van der Waals surface area contributed by atoms with Crippen molar-refractivity contribution in [2.24, 2.45) is 0 Å². The molecule has 4 rings (SSSR count). The maximum absolute atomic E-state index is 13.1. The second-order valence-corrected chi connectivity index (χ2v) is 9.00. The van der Waals surface area contributed by atoms with Gasteiger partial charge in [0, 0.05) is 48.1 Å². The summed E-state index contributed by atoms with van der Waals surface area (Å²) in [5.41, 5.74) is 1.77. The van der Waals surface area contributed by atoms with Gasteiger partial charge in [0.15, 0.2) is 0 Å². The normalized spacial score (nSPS) is 14.2. The van der Waals surface area contributed by atoms with Gasteiger partial charge in [0.25, 0.3) is 11.5 Å². The molecule has 0 atom stereocenters. The molecule has 2 heterocycles. The molecule has 190 valence electrons. The van der Waals surface area contributed by atoms with Crippen LogP contribution in [0.3, 0.4) is 0 Å². The van der Waals surface area contributed by atoms with Crippen molar-refractivity contribution >= 4 is 17.5 Å². The fourth-order valence-electron chi connectivity index (χ4n) is 4.06. The highest BCUT2D eigenvalue weighted by molar-refractivity contribution is 6.30. The highest BCUT2D eigenvalue weighted by Crippen LogP contribution is 2.24. The van der Waals surface area contributed by atoms with E-state index in [0.717, 1.165) is 0 Å². The van der Waals surface area contributed by atoms with Crippen molar-refractivity contribution in [2.75, 3.05) is 26.3 Å². The Balaban J connectivity index is 1.63. The van der Waals surface area contributed by atoms with Crippen LogP contribution in [0.15, 0.2) is 59.4 Å². The van der Waals surface area contributed by atoms with E-state index in [1.165, 1.54) is 10.6 Å². The molecular formula is C26H25ClF3N3O3. The molecule has 0 radical (unpaired) electrons. The molecule has 1 amide bonds. The lowest BCUT2D eigenvalue weighted by molar-refractivity contribution is -0.135. The summed E-state index contributed by atoms with van der Waals surface area (Å²) >= 11 is 5.95. The maximum atomic E-state index is 13.1. The number of hydrogen-bond donors (Lipinski definition) is 0. The lowest BCUT2D eigenvalue weighted by atomic mass is 10.1. The van der Waals surface area contributed by atoms with Gasteiger partial charge in [-0.3, -0.25) is 14.2 Å². The smallest absolute Gasteiger partial charge is 0.378 e. The molecule has 0 bridgehead atoms. The molecular weight excluding hydrogens is 495 g/mol. The van der Waals surface area contributed by atoms with Crippen molar-refractivity contribution in [1.82, 2.24) is 14.5 Å². The van der Waals surface area contributed by atoms with E-state index < -0.39 is 12.6 Å². The number of hydrogen-bond acceptors (Lipinski definition) is 4. The molecule has 0 spiro atoms. The molecule has 1 aromatic heterocycles. The fraction of sp³-hybridized carbons (Fsp3) is 0.346. The Morgan fingerprint density at radius 2 is 1.78 bits per heavy atom. The molecule has 0 unspecified atom stereocenters. The summed E-state index contributed by atoms with van der Waals surface area (Å²) in [6.07, 6.45) is -5.50. The topological polar surface area (TPSA) is 64.4 Å². The molecule has 1 fully saturated rings. The van der Waals surface area contributed by atoms with Gasteiger partial charge >= 0.3 is 6.18 Å². The summed E-state index contributed by atoms with van der Waals surface area (Å²) in [6.45, 7) is 2.05. The van der Waals surface area contributed by atoms with Crippen LogP contribution in [-0.4, -0.2) is 52.8 Å². The van der Waals surface area contributed by atoms with Crippen molar-refractivity contribution in [2.45, 2.75) is 32.0 Å². The maximum Gasteiger partial charge on any atom is 0.389 e. The van der Waals surface area contributed by atoms with Gasteiger partial charge in [-0.25, -0.2) is 4.98 Å². The van der Waals surface area contributed by atoms with Gasteiger partial charge in [0.1, 0.15) is 5.82 Å². The fourth-order valence-corrected chi connectivity index (χ4v) is 4.19. The second kappa shape index (κ2) is 11.3. The van der Waals surface area contributed by atoms with Crippen molar-refractivity contribution < 1.29 is 22.7 Å². The van der Waals surface area contributed by atoms with E-state index in [1.54, 1.807) is 53.4 Å². The van der Waals surface area contributed by atoms with Gasteiger partial charge in [0.2, 0.25) is 0 Å². The zero-order valence-electron chi connectivity index (χ0n) is 19.4. The molecule has 3 aromatic rings. The van der Waals surface area contributed by atoms with Gasteiger partial charge < -0.3 is 9.64 Å². The number of carbonyl (C=O) groups is 1. The van der Waals surface area contributed by atoms with Crippen molar-refractivity contribution in [3.63, 3.8) is 0 Å². The standard InChI is InChI=1S/C26H25ClF3N3O3/c27-21-8-6-19(7-9-21)22-16-24(34)33(23(31-22)5-2-10-26(28,29)30)17-18-3-1-4-20(15-18)25(35)32-11-13-36-14-12-32/h1,3-4,6-9,15-16H,2,5,10-14,17H2. The Kier molecular flexibility index (Phi) is 8.11. The molecule has 1 aliphatic heterocycles. The minimum absolute atomic E-state index is 0.0252. The number of halogens is 4. The zero-order valence-corrected chi connectivity index (χ0v) is 20.2. The van der Waals surface area contributed by atoms with Crippen molar-refractivity contribution in [1.29, 1.82) is 0 Å². The predicted octanol–water partition coefficient (Wildman–Crippen LogP) is 4.97. The molecule has 0 aliphatic carbocycles. The first-order valence-electron chi connectivity index (χ1n) is 11.6. The Bertz CT molecular complexity index is 1270. The third-order valence-corrected chi connectivity index (χ3v) is 6.15. The molecule has 0 saturated carbocycles. The van der Waals surface area contributed by atoms with Crippen molar-refractivity contribution in [3.05, 3.63) is 86.9 Å². The minimum Gasteiger partial charge on any atom is -0.378 e. The van der Waals surface area contributed by atoms with Crippen LogP contribution in [0.2, 0.25) is 5.02 Å². The van der Waals surface area contributed by atoms with E-state index in [4.69, 9.17) is 16.3 Å². The number of carbonyl (C=O) groups excluding carboxylic acids is 1. The van der Waals surface area contributed by atoms with Crippen LogP contribution in [0.1, 0.15) is 34.6 Å². The van der Waals surface area contributed by atoms with Crippen LogP contribution in [0.5, 0.6) is 0 Å². The molecule has 36 heavy (non-hydrogen) atoms. The molecule has 10 heteroatoms. The number of amides is 1. The number of aromatic nitrogens is 2.